The first kappa shape index (κ1) is 35.3. The number of sulfonamides is 1. The van der Waals surface area contributed by atoms with Gasteiger partial charge in [-0.1, -0.05) is 24.1 Å². The summed E-state index contributed by atoms with van der Waals surface area (Å²) in [5.74, 6) is -2.96. The first-order valence-electron chi connectivity index (χ1n) is 15.6. The number of piperazine rings is 1. The molecule has 258 valence electrons. The van der Waals surface area contributed by atoms with Gasteiger partial charge in [-0.05, 0) is 73.8 Å². The van der Waals surface area contributed by atoms with E-state index in [9.17, 15) is 40.7 Å². The van der Waals surface area contributed by atoms with E-state index in [2.05, 4.69) is 15.6 Å². The minimum atomic E-state index is -4.78. The topological polar surface area (TPSA) is 132 Å². The summed E-state index contributed by atoms with van der Waals surface area (Å²) in [5.41, 5.74) is -1.22. The molecule has 0 radical (unpaired) electrons. The molecule has 2 aliphatic heterocycles. The average Bonchev–Trinajstić information content (AvgIpc) is 3.41. The van der Waals surface area contributed by atoms with Crippen molar-refractivity contribution in [1.29, 1.82) is 0 Å². The fraction of sp³-hybridized carbons (Fsp3) is 0.581. The van der Waals surface area contributed by atoms with E-state index in [0.717, 1.165) is 44.6 Å². The number of halogens is 5. The molecule has 2 saturated heterocycles. The molecule has 5 rings (SSSR count). The highest BCUT2D eigenvalue weighted by atomic mass is 35.5. The standard InChI is InChI=1S/C31H38ClF4N5O5S/c1-40(30(43)44)28(27(19-8-10-24(32)25(33)13-19)20-12-21(15-37-14-20)31(34,35)36)29(42)39-26-6-2-4-18(26)7-9-23-16-38-22-5-3-11-47(45,46)41(23)17-22/h8,10,12-15,18,22-23,26-28,38H,2-7,9,11,16-17H2,1H3,(H,39,42)(H,43,44)/t18-,22-,23+,26+,27+,28+/m1/s1. The first-order chi connectivity index (χ1) is 22.2. The number of carbonyl (C=O) groups excluding carboxylic acids is 1. The van der Waals surface area contributed by atoms with E-state index < -0.39 is 51.5 Å². The highest BCUT2D eigenvalue weighted by Gasteiger charge is 2.42. The maximum atomic E-state index is 14.7. The number of alkyl halides is 3. The number of fused-ring (bicyclic) bond motifs is 2. The predicted octanol–water partition coefficient (Wildman–Crippen LogP) is 4.83. The normalized spacial score (nSPS) is 27.0. The lowest BCUT2D eigenvalue weighted by Crippen LogP contribution is -2.57. The Labute approximate surface area is 275 Å². The molecule has 16 heteroatoms. The monoisotopic (exact) mass is 703 g/mol. The summed E-state index contributed by atoms with van der Waals surface area (Å²) < 4.78 is 83.3. The lowest BCUT2D eigenvalue weighted by Gasteiger charge is -2.38. The van der Waals surface area contributed by atoms with Crippen LogP contribution in [0.25, 0.3) is 0 Å². The summed E-state index contributed by atoms with van der Waals surface area (Å²) in [6.45, 7) is 0.960. The summed E-state index contributed by atoms with van der Waals surface area (Å²) in [6.07, 6.45) is 0.0854. The van der Waals surface area contributed by atoms with Gasteiger partial charge >= 0.3 is 12.3 Å². The zero-order valence-electron chi connectivity index (χ0n) is 25.7. The summed E-state index contributed by atoms with van der Waals surface area (Å²) in [6, 6.07) is 2.18. The summed E-state index contributed by atoms with van der Waals surface area (Å²) in [4.78, 5) is 30.8. The van der Waals surface area contributed by atoms with Gasteiger partial charge in [0.15, 0.2) is 0 Å². The van der Waals surface area contributed by atoms with Crippen molar-refractivity contribution >= 4 is 33.6 Å². The van der Waals surface area contributed by atoms with Crippen LogP contribution in [0.3, 0.4) is 0 Å². The lowest BCUT2D eigenvalue weighted by atomic mass is 9.83. The Morgan fingerprint density at radius 3 is 2.62 bits per heavy atom. The van der Waals surface area contributed by atoms with E-state index in [1.165, 1.54) is 12.1 Å². The number of nitrogens with one attached hydrogen (secondary N) is 2. The van der Waals surface area contributed by atoms with Gasteiger partial charge in [0.25, 0.3) is 0 Å². The van der Waals surface area contributed by atoms with Gasteiger partial charge < -0.3 is 15.7 Å². The van der Waals surface area contributed by atoms with Crippen LogP contribution < -0.4 is 10.6 Å². The predicted molar refractivity (Wildman–Crippen MR) is 166 cm³/mol. The molecule has 1 saturated carbocycles. The minimum absolute atomic E-state index is 0.0333. The van der Waals surface area contributed by atoms with Crippen LogP contribution >= 0.6 is 11.6 Å². The Morgan fingerprint density at radius 2 is 1.91 bits per heavy atom. The lowest BCUT2D eigenvalue weighted by molar-refractivity contribution is -0.137. The molecule has 47 heavy (non-hydrogen) atoms. The number of benzene rings is 1. The Kier molecular flexibility index (Phi) is 10.7. The molecule has 10 nitrogen and oxygen atoms in total. The third kappa shape index (κ3) is 8.01. The van der Waals surface area contributed by atoms with Crippen LogP contribution in [0.2, 0.25) is 5.02 Å². The van der Waals surface area contributed by atoms with Crippen molar-refractivity contribution in [2.24, 2.45) is 5.92 Å². The maximum Gasteiger partial charge on any atom is 0.417 e. The number of carbonyl (C=O) groups is 2. The Morgan fingerprint density at radius 1 is 1.15 bits per heavy atom. The van der Waals surface area contributed by atoms with E-state index in [0.29, 0.717) is 49.9 Å². The maximum absolute atomic E-state index is 14.7. The third-order valence-corrected chi connectivity index (χ3v) is 11.9. The molecule has 1 aromatic carbocycles. The highest BCUT2D eigenvalue weighted by molar-refractivity contribution is 7.89. The molecule has 1 aliphatic carbocycles. The van der Waals surface area contributed by atoms with Crippen LogP contribution in [-0.4, -0.2) is 89.8 Å². The van der Waals surface area contributed by atoms with Gasteiger partial charge in [0, 0.05) is 56.6 Å². The van der Waals surface area contributed by atoms with Crippen LogP contribution in [-0.2, 0) is 21.0 Å². The van der Waals surface area contributed by atoms with Gasteiger partial charge in [-0.3, -0.25) is 14.7 Å². The van der Waals surface area contributed by atoms with Crippen molar-refractivity contribution in [2.45, 2.75) is 81.2 Å². The van der Waals surface area contributed by atoms with E-state index in [-0.39, 0.29) is 45.9 Å². The molecule has 3 aliphatic rings. The number of amides is 2. The van der Waals surface area contributed by atoms with Crippen molar-refractivity contribution in [1.82, 2.24) is 24.8 Å². The molecular weight excluding hydrogens is 666 g/mol. The minimum Gasteiger partial charge on any atom is -0.465 e. The number of hydrogen-bond acceptors (Lipinski definition) is 6. The van der Waals surface area contributed by atoms with Crippen molar-refractivity contribution in [3.63, 3.8) is 0 Å². The molecule has 0 spiro atoms. The van der Waals surface area contributed by atoms with Crippen LogP contribution in [0.1, 0.15) is 67.6 Å². The molecular formula is C31H38ClF4N5O5S. The fourth-order valence-corrected chi connectivity index (χ4v) is 9.13. The Bertz CT molecular complexity index is 1580. The van der Waals surface area contributed by atoms with Crippen molar-refractivity contribution in [3.05, 3.63) is 64.2 Å². The number of pyridine rings is 1. The number of carboxylic acid groups (broad SMARTS) is 1. The Balaban J connectivity index is 1.41. The van der Waals surface area contributed by atoms with Gasteiger partial charge in [-0.15, -0.1) is 0 Å². The molecule has 3 fully saturated rings. The van der Waals surface area contributed by atoms with Crippen molar-refractivity contribution < 1.29 is 40.7 Å². The quantitative estimate of drug-likeness (QED) is 0.319. The van der Waals surface area contributed by atoms with E-state index in [1.807, 2.05) is 0 Å². The van der Waals surface area contributed by atoms with Crippen molar-refractivity contribution in [2.75, 3.05) is 25.9 Å². The van der Waals surface area contributed by atoms with Crippen LogP contribution in [0.4, 0.5) is 22.4 Å². The summed E-state index contributed by atoms with van der Waals surface area (Å²) >= 11 is 5.88. The SMILES string of the molecule is CN(C(=O)O)[C@H](C(=O)N[C@H]1CCC[C@@H]1CC[C@H]1CN[C@@H]2CCCS(=O)(=O)N1C2)[C@H](c1cncc(C(F)(F)F)c1)c1ccc(Cl)c(F)c1. The number of rotatable bonds is 9. The van der Waals surface area contributed by atoms with Gasteiger partial charge in [0.2, 0.25) is 15.9 Å². The van der Waals surface area contributed by atoms with E-state index in [1.54, 1.807) is 4.31 Å². The first-order valence-corrected chi connectivity index (χ1v) is 17.6. The zero-order valence-corrected chi connectivity index (χ0v) is 27.3. The molecule has 2 amide bonds. The van der Waals surface area contributed by atoms with Gasteiger partial charge in [0.1, 0.15) is 11.9 Å². The van der Waals surface area contributed by atoms with Gasteiger partial charge in [-0.2, -0.15) is 17.5 Å². The number of nitrogens with zero attached hydrogens (tertiary/aromatic N) is 3. The summed E-state index contributed by atoms with van der Waals surface area (Å²) in [5, 5.41) is 16.2. The van der Waals surface area contributed by atoms with E-state index >= 15 is 0 Å². The molecule has 7 atom stereocenters. The third-order valence-electron chi connectivity index (χ3n) is 9.67. The number of aromatic nitrogens is 1. The second-order valence-electron chi connectivity index (χ2n) is 12.7. The smallest absolute Gasteiger partial charge is 0.417 e. The molecule has 1 unspecified atom stereocenters. The molecule has 3 N–H and O–H groups in total. The van der Waals surface area contributed by atoms with Gasteiger partial charge in [-0.25, -0.2) is 17.6 Å². The van der Waals surface area contributed by atoms with Crippen LogP contribution in [0, 0.1) is 11.7 Å². The van der Waals surface area contributed by atoms with Crippen LogP contribution in [0.15, 0.2) is 36.7 Å². The molecule has 1 aromatic heterocycles. The Hall–Kier alpha value is -3.01. The summed E-state index contributed by atoms with van der Waals surface area (Å²) in [7, 11) is -2.25. The number of likely N-dealkylation sites (N-methyl/N-ethyl adjacent to an activating group) is 1. The molecule has 2 bridgehead atoms. The highest BCUT2D eigenvalue weighted by Crippen LogP contribution is 2.37. The van der Waals surface area contributed by atoms with Crippen molar-refractivity contribution in [3.8, 4) is 0 Å². The van der Waals surface area contributed by atoms with Gasteiger partial charge in [0.05, 0.1) is 16.3 Å². The molecule has 3 heterocycles. The zero-order chi connectivity index (χ0) is 34.1. The number of hydrogen-bond donors (Lipinski definition) is 3. The fourth-order valence-electron chi connectivity index (χ4n) is 7.21. The molecule has 2 aromatic rings. The average molecular weight is 704 g/mol. The van der Waals surface area contributed by atoms with E-state index in [4.69, 9.17) is 11.6 Å². The second-order valence-corrected chi connectivity index (χ2v) is 15.1. The van der Waals surface area contributed by atoms with Crippen LogP contribution in [0.5, 0.6) is 0 Å². The largest absolute Gasteiger partial charge is 0.465 e. The second kappa shape index (κ2) is 14.2.